The summed E-state index contributed by atoms with van der Waals surface area (Å²) in [4.78, 5) is 14.6. The monoisotopic (exact) mass is 514 g/mol. The van der Waals surface area contributed by atoms with E-state index < -0.39 is 0 Å². The Labute approximate surface area is 199 Å². The fourth-order valence-corrected chi connectivity index (χ4v) is 5.22. The molecule has 4 rings (SSSR count). The van der Waals surface area contributed by atoms with Crippen molar-refractivity contribution in [3.05, 3.63) is 73.9 Å². The fraction of sp³-hybridized carbons (Fsp3) is 0.240. The van der Waals surface area contributed by atoms with Crippen molar-refractivity contribution in [2.24, 2.45) is 0 Å². The SMILES string of the molecule is CCCc1sc(C(=O)/C=C/c2ccc(OC)c(COc3ccc4c(c3)OCO4)c2)cc1Br. The average molecular weight is 515 g/mol. The summed E-state index contributed by atoms with van der Waals surface area (Å²) in [5.41, 5.74) is 1.77. The summed E-state index contributed by atoms with van der Waals surface area (Å²) in [5.74, 6) is 2.78. The maximum absolute atomic E-state index is 12.6. The molecule has 0 saturated carbocycles. The zero-order chi connectivity index (χ0) is 22.5. The van der Waals surface area contributed by atoms with E-state index in [9.17, 15) is 4.79 Å². The van der Waals surface area contributed by atoms with Crippen LogP contribution in [0.4, 0.5) is 0 Å². The molecule has 166 valence electrons. The Bertz CT molecular complexity index is 1150. The smallest absolute Gasteiger partial charge is 0.231 e. The van der Waals surface area contributed by atoms with Gasteiger partial charge in [-0.25, -0.2) is 0 Å². The summed E-state index contributed by atoms with van der Waals surface area (Å²) in [5, 5.41) is 0. The third-order valence-electron chi connectivity index (χ3n) is 4.95. The predicted octanol–water partition coefficient (Wildman–Crippen LogP) is 6.68. The van der Waals surface area contributed by atoms with Gasteiger partial charge in [-0.2, -0.15) is 0 Å². The number of methoxy groups -OCH3 is 1. The first-order valence-corrected chi connectivity index (χ1v) is 11.9. The number of ketones is 1. The Morgan fingerprint density at radius 2 is 2.00 bits per heavy atom. The first kappa shape index (κ1) is 22.4. The standard InChI is InChI=1S/C25H23BrO5S/c1-3-4-24-19(26)13-25(32-24)20(27)8-5-16-6-9-21(28-2)17(11-16)14-29-18-7-10-22-23(12-18)31-15-30-22/h5-13H,3-4,14-15H2,1-2H3/b8-5+. The zero-order valence-corrected chi connectivity index (χ0v) is 20.3. The van der Waals surface area contributed by atoms with E-state index in [1.54, 1.807) is 24.5 Å². The Kier molecular flexibility index (Phi) is 7.17. The van der Waals surface area contributed by atoms with Crippen LogP contribution in [0.5, 0.6) is 23.0 Å². The molecule has 7 heteroatoms. The third-order valence-corrected chi connectivity index (χ3v) is 7.13. The lowest BCUT2D eigenvalue weighted by Crippen LogP contribution is -1.99. The molecule has 0 spiro atoms. The third kappa shape index (κ3) is 5.16. The molecule has 3 aromatic rings. The van der Waals surface area contributed by atoms with Crippen molar-refractivity contribution in [1.29, 1.82) is 0 Å². The number of ether oxygens (including phenoxy) is 4. The van der Waals surface area contributed by atoms with E-state index in [0.717, 1.165) is 39.1 Å². The highest BCUT2D eigenvalue weighted by Crippen LogP contribution is 2.35. The molecule has 0 N–H and O–H groups in total. The van der Waals surface area contributed by atoms with E-state index in [1.807, 2.05) is 48.5 Å². The highest BCUT2D eigenvalue weighted by Gasteiger charge is 2.14. The molecule has 0 aliphatic carbocycles. The maximum atomic E-state index is 12.6. The van der Waals surface area contributed by atoms with Crippen LogP contribution in [0.15, 0.2) is 53.0 Å². The molecule has 1 aromatic heterocycles. The average Bonchev–Trinajstić information content (AvgIpc) is 3.42. The number of allylic oxidation sites excluding steroid dienone is 1. The molecule has 0 unspecified atom stereocenters. The summed E-state index contributed by atoms with van der Waals surface area (Å²) in [6.45, 7) is 2.67. The summed E-state index contributed by atoms with van der Waals surface area (Å²) < 4.78 is 23.2. The lowest BCUT2D eigenvalue weighted by atomic mass is 10.1. The number of rotatable bonds is 9. The van der Waals surface area contributed by atoms with Crippen LogP contribution in [-0.2, 0) is 13.0 Å². The second-order valence-corrected chi connectivity index (χ2v) is 9.20. The van der Waals surface area contributed by atoms with Crippen LogP contribution in [0.3, 0.4) is 0 Å². The fourth-order valence-electron chi connectivity index (χ4n) is 3.32. The molecule has 0 atom stereocenters. The Hall–Kier alpha value is -2.77. The number of benzene rings is 2. The molecule has 1 aliphatic heterocycles. The summed E-state index contributed by atoms with van der Waals surface area (Å²) in [7, 11) is 1.63. The van der Waals surface area contributed by atoms with E-state index in [4.69, 9.17) is 18.9 Å². The van der Waals surface area contributed by atoms with E-state index in [0.29, 0.717) is 23.9 Å². The van der Waals surface area contributed by atoms with Gasteiger partial charge in [-0.3, -0.25) is 4.79 Å². The Morgan fingerprint density at radius 3 is 2.81 bits per heavy atom. The minimum absolute atomic E-state index is 0.00738. The number of fused-ring (bicyclic) bond motifs is 1. The first-order chi connectivity index (χ1) is 15.6. The molecule has 0 fully saturated rings. The van der Waals surface area contributed by atoms with Crippen molar-refractivity contribution in [3.8, 4) is 23.0 Å². The second-order valence-electron chi connectivity index (χ2n) is 7.20. The van der Waals surface area contributed by atoms with Gasteiger partial charge < -0.3 is 18.9 Å². The maximum Gasteiger partial charge on any atom is 0.231 e. The number of carbonyl (C=O) groups is 1. The van der Waals surface area contributed by atoms with Gasteiger partial charge in [0, 0.05) is 21.0 Å². The van der Waals surface area contributed by atoms with Gasteiger partial charge in [0.05, 0.1) is 12.0 Å². The van der Waals surface area contributed by atoms with Gasteiger partial charge in [-0.15, -0.1) is 11.3 Å². The van der Waals surface area contributed by atoms with Gasteiger partial charge in [0.2, 0.25) is 6.79 Å². The molecule has 0 radical (unpaired) electrons. The molecule has 32 heavy (non-hydrogen) atoms. The molecule has 0 bridgehead atoms. The summed E-state index contributed by atoms with van der Waals surface area (Å²) >= 11 is 5.10. The molecule has 2 heterocycles. The van der Waals surface area contributed by atoms with E-state index in [2.05, 4.69) is 22.9 Å². The van der Waals surface area contributed by atoms with Crippen molar-refractivity contribution < 1.29 is 23.7 Å². The quantitative estimate of drug-likeness (QED) is 0.235. The normalized spacial score (nSPS) is 12.3. The summed E-state index contributed by atoms with van der Waals surface area (Å²) in [6.07, 6.45) is 5.44. The molecule has 5 nitrogen and oxygen atoms in total. The van der Waals surface area contributed by atoms with Crippen LogP contribution < -0.4 is 18.9 Å². The highest BCUT2D eigenvalue weighted by atomic mass is 79.9. The van der Waals surface area contributed by atoms with Gasteiger partial charge in [-0.05, 0) is 64.3 Å². The summed E-state index contributed by atoms with van der Waals surface area (Å²) in [6, 6.07) is 13.1. The lowest BCUT2D eigenvalue weighted by Gasteiger charge is -2.11. The first-order valence-electron chi connectivity index (χ1n) is 10.3. The number of hydrogen-bond donors (Lipinski definition) is 0. The van der Waals surface area contributed by atoms with Crippen LogP contribution in [0.1, 0.15) is 39.0 Å². The van der Waals surface area contributed by atoms with Gasteiger partial charge in [0.1, 0.15) is 18.1 Å². The number of aryl methyl sites for hydroxylation is 1. The molecule has 0 saturated heterocycles. The number of hydrogen-bond acceptors (Lipinski definition) is 6. The van der Waals surface area contributed by atoms with Crippen LogP contribution in [-0.4, -0.2) is 19.7 Å². The largest absolute Gasteiger partial charge is 0.496 e. The van der Waals surface area contributed by atoms with Gasteiger partial charge >= 0.3 is 0 Å². The Balaban J connectivity index is 1.46. The second kappa shape index (κ2) is 10.2. The van der Waals surface area contributed by atoms with Gasteiger partial charge in [0.25, 0.3) is 0 Å². The molecular weight excluding hydrogens is 492 g/mol. The predicted molar refractivity (Wildman–Crippen MR) is 129 cm³/mol. The van der Waals surface area contributed by atoms with Gasteiger partial charge in [0.15, 0.2) is 17.3 Å². The number of halogens is 1. The van der Waals surface area contributed by atoms with Crippen molar-refractivity contribution in [2.75, 3.05) is 13.9 Å². The van der Waals surface area contributed by atoms with Crippen LogP contribution in [0.2, 0.25) is 0 Å². The van der Waals surface area contributed by atoms with Crippen molar-refractivity contribution in [2.45, 2.75) is 26.4 Å². The number of carbonyl (C=O) groups excluding carboxylic acids is 1. The van der Waals surface area contributed by atoms with Crippen LogP contribution >= 0.6 is 27.3 Å². The lowest BCUT2D eigenvalue weighted by molar-refractivity contribution is 0.105. The molecule has 1 aliphatic rings. The van der Waals surface area contributed by atoms with Crippen LogP contribution in [0, 0.1) is 0 Å². The molecule has 2 aromatic carbocycles. The highest BCUT2D eigenvalue weighted by molar-refractivity contribution is 9.10. The minimum atomic E-state index is -0.00738. The minimum Gasteiger partial charge on any atom is -0.496 e. The van der Waals surface area contributed by atoms with Crippen molar-refractivity contribution in [3.63, 3.8) is 0 Å². The number of thiophene rings is 1. The van der Waals surface area contributed by atoms with Crippen molar-refractivity contribution >= 4 is 39.1 Å². The topological polar surface area (TPSA) is 54.0 Å². The van der Waals surface area contributed by atoms with E-state index in [1.165, 1.54) is 4.88 Å². The zero-order valence-electron chi connectivity index (χ0n) is 17.9. The molecule has 0 amide bonds. The van der Waals surface area contributed by atoms with Crippen LogP contribution in [0.25, 0.3) is 6.08 Å². The Morgan fingerprint density at radius 1 is 1.16 bits per heavy atom. The van der Waals surface area contributed by atoms with E-state index in [-0.39, 0.29) is 12.6 Å². The van der Waals surface area contributed by atoms with Gasteiger partial charge in [-0.1, -0.05) is 25.5 Å². The van der Waals surface area contributed by atoms with E-state index >= 15 is 0 Å². The molecular formula is C25H23BrO5S. The van der Waals surface area contributed by atoms with Crippen molar-refractivity contribution in [1.82, 2.24) is 0 Å².